The van der Waals surface area contributed by atoms with Crippen LogP contribution in [0.3, 0.4) is 0 Å². The first-order valence-electron chi connectivity index (χ1n) is 11.0. The van der Waals surface area contributed by atoms with E-state index < -0.39 is 6.04 Å². The Labute approximate surface area is 192 Å². The summed E-state index contributed by atoms with van der Waals surface area (Å²) in [6, 6.07) is 16.5. The van der Waals surface area contributed by atoms with E-state index in [1.807, 2.05) is 48.7 Å². The summed E-state index contributed by atoms with van der Waals surface area (Å²) in [7, 11) is 0. The molecule has 1 aliphatic carbocycles. The lowest BCUT2D eigenvalue weighted by Crippen LogP contribution is -2.47. The molecule has 2 aromatic carbocycles. The molecule has 1 atom stereocenters. The van der Waals surface area contributed by atoms with Crippen molar-refractivity contribution in [3.05, 3.63) is 87.9 Å². The van der Waals surface area contributed by atoms with Crippen molar-refractivity contribution in [1.82, 2.24) is 5.32 Å². The van der Waals surface area contributed by atoms with E-state index >= 15 is 0 Å². The van der Waals surface area contributed by atoms with Gasteiger partial charge in [0.1, 0.15) is 11.9 Å². The highest BCUT2D eigenvalue weighted by molar-refractivity contribution is 7.10. The van der Waals surface area contributed by atoms with Crippen LogP contribution in [0.1, 0.15) is 47.7 Å². The molecule has 0 saturated heterocycles. The number of hydrogen-bond donors (Lipinski definition) is 1. The molecule has 3 aromatic rings. The van der Waals surface area contributed by atoms with E-state index in [0.29, 0.717) is 5.69 Å². The topological polar surface area (TPSA) is 49.4 Å². The Bertz CT molecular complexity index is 1060. The van der Waals surface area contributed by atoms with E-state index in [-0.39, 0.29) is 30.1 Å². The van der Waals surface area contributed by atoms with Gasteiger partial charge < -0.3 is 5.32 Å². The standard InChI is InChI=1S/C26H27FN2O2S/c1-18-7-2-5-11-23(18)25(26(31)28-20-8-3-4-9-20)29(21-14-12-19(27)13-15-21)24(30)17-22-10-6-16-32-22/h2,5-7,10-16,20,25H,3-4,8-9,17H2,1H3,(H,28,31)/t25-/m0/s1. The van der Waals surface area contributed by atoms with Crippen molar-refractivity contribution in [2.75, 3.05) is 4.90 Å². The number of benzene rings is 2. The number of thiophene rings is 1. The molecule has 0 bridgehead atoms. The molecule has 1 aliphatic rings. The van der Waals surface area contributed by atoms with Gasteiger partial charge in [-0.2, -0.15) is 0 Å². The quantitative estimate of drug-likeness (QED) is 0.511. The molecule has 166 valence electrons. The number of rotatable bonds is 7. The molecule has 1 N–H and O–H groups in total. The minimum Gasteiger partial charge on any atom is -0.351 e. The fourth-order valence-corrected chi connectivity index (χ4v) is 5.02. The van der Waals surface area contributed by atoms with Crippen molar-refractivity contribution in [3.63, 3.8) is 0 Å². The van der Waals surface area contributed by atoms with Gasteiger partial charge in [0.15, 0.2) is 0 Å². The van der Waals surface area contributed by atoms with Gasteiger partial charge >= 0.3 is 0 Å². The maximum Gasteiger partial charge on any atom is 0.248 e. The van der Waals surface area contributed by atoms with Crippen LogP contribution in [0.5, 0.6) is 0 Å². The van der Waals surface area contributed by atoms with Crippen LogP contribution in [0.2, 0.25) is 0 Å². The summed E-state index contributed by atoms with van der Waals surface area (Å²) in [5, 5.41) is 5.10. The summed E-state index contributed by atoms with van der Waals surface area (Å²) >= 11 is 1.50. The number of aryl methyl sites for hydroxylation is 1. The van der Waals surface area contributed by atoms with Crippen LogP contribution in [0.25, 0.3) is 0 Å². The lowest BCUT2D eigenvalue weighted by Gasteiger charge is -2.33. The SMILES string of the molecule is Cc1ccccc1[C@@H](C(=O)NC1CCCC1)N(C(=O)Cc1cccs1)c1ccc(F)cc1. The predicted octanol–water partition coefficient (Wildman–Crippen LogP) is 5.57. The van der Waals surface area contributed by atoms with Crippen molar-refractivity contribution in [1.29, 1.82) is 0 Å². The van der Waals surface area contributed by atoms with Gasteiger partial charge in [0.25, 0.3) is 0 Å². The second-order valence-electron chi connectivity index (χ2n) is 8.25. The summed E-state index contributed by atoms with van der Waals surface area (Å²) in [6.45, 7) is 1.94. The molecule has 0 spiro atoms. The van der Waals surface area contributed by atoms with Crippen LogP contribution in [-0.2, 0) is 16.0 Å². The van der Waals surface area contributed by atoms with Crippen LogP contribution in [0, 0.1) is 12.7 Å². The summed E-state index contributed by atoms with van der Waals surface area (Å²) in [5.74, 6) is -0.786. The number of nitrogens with zero attached hydrogens (tertiary/aromatic N) is 1. The van der Waals surface area contributed by atoms with Gasteiger partial charge in [0.05, 0.1) is 6.42 Å². The van der Waals surface area contributed by atoms with Crippen LogP contribution in [0.15, 0.2) is 66.0 Å². The van der Waals surface area contributed by atoms with E-state index in [2.05, 4.69) is 5.32 Å². The van der Waals surface area contributed by atoms with Gasteiger partial charge in [-0.3, -0.25) is 14.5 Å². The number of halogens is 1. The molecular formula is C26H27FN2O2S. The van der Waals surface area contributed by atoms with Crippen LogP contribution >= 0.6 is 11.3 Å². The third-order valence-corrected chi connectivity index (χ3v) is 6.85. The third-order valence-electron chi connectivity index (χ3n) is 5.97. The van der Waals surface area contributed by atoms with Gasteiger partial charge in [-0.05, 0) is 66.6 Å². The van der Waals surface area contributed by atoms with Crippen molar-refractivity contribution in [2.45, 2.75) is 51.1 Å². The van der Waals surface area contributed by atoms with E-state index in [0.717, 1.165) is 41.7 Å². The fraction of sp³-hybridized carbons (Fsp3) is 0.308. The fourth-order valence-electron chi connectivity index (χ4n) is 4.33. The van der Waals surface area contributed by atoms with Gasteiger partial charge in [-0.1, -0.05) is 43.2 Å². The molecule has 4 rings (SSSR count). The highest BCUT2D eigenvalue weighted by Crippen LogP contribution is 2.32. The largest absolute Gasteiger partial charge is 0.351 e. The van der Waals surface area contributed by atoms with E-state index in [1.54, 1.807) is 12.1 Å². The Morgan fingerprint density at radius 1 is 1.06 bits per heavy atom. The number of hydrogen-bond acceptors (Lipinski definition) is 3. The lowest BCUT2D eigenvalue weighted by molar-refractivity contribution is -0.127. The summed E-state index contributed by atoms with van der Waals surface area (Å²) < 4.78 is 13.7. The number of nitrogens with one attached hydrogen (secondary N) is 1. The molecule has 6 heteroatoms. The minimum atomic E-state index is -0.838. The molecule has 2 amide bonds. The summed E-state index contributed by atoms with van der Waals surface area (Å²) in [4.78, 5) is 29.7. The Balaban J connectivity index is 1.77. The minimum absolute atomic E-state index is 0.122. The second kappa shape index (κ2) is 10.1. The molecule has 1 heterocycles. The molecule has 1 aromatic heterocycles. The first-order chi connectivity index (χ1) is 15.5. The smallest absolute Gasteiger partial charge is 0.248 e. The molecule has 32 heavy (non-hydrogen) atoms. The zero-order valence-corrected chi connectivity index (χ0v) is 18.9. The lowest BCUT2D eigenvalue weighted by atomic mass is 9.97. The first kappa shape index (κ1) is 22.2. The zero-order chi connectivity index (χ0) is 22.5. The molecule has 0 radical (unpaired) electrons. The van der Waals surface area contributed by atoms with Gasteiger partial charge in [-0.15, -0.1) is 11.3 Å². The summed E-state index contributed by atoms with van der Waals surface area (Å²) in [6.07, 6.45) is 4.27. The number of amides is 2. The molecule has 1 saturated carbocycles. The predicted molar refractivity (Wildman–Crippen MR) is 126 cm³/mol. The maximum absolute atomic E-state index is 13.7. The number of carbonyl (C=O) groups excluding carboxylic acids is 2. The molecule has 1 fully saturated rings. The van der Waals surface area contributed by atoms with Gasteiger partial charge in [0, 0.05) is 16.6 Å². The highest BCUT2D eigenvalue weighted by Gasteiger charge is 2.35. The third kappa shape index (κ3) is 5.07. The zero-order valence-electron chi connectivity index (χ0n) is 18.1. The normalized spacial score (nSPS) is 14.8. The van der Waals surface area contributed by atoms with Crippen molar-refractivity contribution >= 4 is 28.8 Å². The van der Waals surface area contributed by atoms with E-state index in [9.17, 15) is 14.0 Å². The van der Waals surface area contributed by atoms with Crippen molar-refractivity contribution in [2.24, 2.45) is 0 Å². The van der Waals surface area contributed by atoms with Crippen molar-refractivity contribution in [3.8, 4) is 0 Å². The van der Waals surface area contributed by atoms with Gasteiger partial charge in [-0.25, -0.2) is 4.39 Å². The molecule has 0 unspecified atom stereocenters. The van der Waals surface area contributed by atoms with E-state index in [1.165, 1.54) is 28.4 Å². The second-order valence-corrected chi connectivity index (χ2v) is 9.28. The Morgan fingerprint density at radius 3 is 2.44 bits per heavy atom. The van der Waals surface area contributed by atoms with Crippen LogP contribution < -0.4 is 10.2 Å². The molecule has 4 nitrogen and oxygen atoms in total. The number of carbonyl (C=O) groups is 2. The Morgan fingerprint density at radius 2 is 1.78 bits per heavy atom. The van der Waals surface area contributed by atoms with Crippen LogP contribution in [0.4, 0.5) is 10.1 Å². The maximum atomic E-state index is 13.7. The Hall–Kier alpha value is -2.99. The van der Waals surface area contributed by atoms with Crippen molar-refractivity contribution < 1.29 is 14.0 Å². The highest BCUT2D eigenvalue weighted by atomic mass is 32.1. The Kier molecular flexibility index (Phi) is 7.00. The number of anilines is 1. The average Bonchev–Trinajstić information content (AvgIpc) is 3.48. The monoisotopic (exact) mass is 450 g/mol. The first-order valence-corrected chi connectivity index (χ1v) is 11.9. The van der Waals surface area contributed by atoms with Crippen LogP contribution in [-0.4, -0.2) is 17.9 Å². The summed E-state index contributed by atoms with van der Waals surface area (Å²) in [5.41, 5.74) is 2.20. The van der Waals surface area contributed by atoms with Gasteiger partial charge in [0.2, 0.25) is 11.8 Å². The molecular weight excluding hydrogens is 423 g/mol. The molecule has 0 aliphatic heterocycles. The average molecular weight is 451 g/mol. The van der Waals surface area contributed by atoms with E-state index in [4.69, 9.17) is 0 Å².